The Morgan fingerprint density at radius 2 is 0.743 bits per heavy atom. The molecule has 0 aromatic heterocycles. The number of nitrogens with zero attached hydrogens (tertiary/aromatic N) is 2. The maximum absolute atomic E-state index is 14.3. The number of sulfone groups is 1. The molecule has 0 aliphatic heterocycles. The van der Waals surface area contributed by atoms with Crippen molar-refractivity contribution in [3.8, 4) is 0 Å². The Morgan fingerprint density at radius 1 is 0.376 bits per heavy atom. The molecule has 2 N–H and O–H groups in total. The molecule has 13 aliphatic rings. The first-order valence-corrected chi connectivity index (χ1v) is 43.8. The number of hydrogen-bond acceptors (Lipinski definition) is 16. The number of benzene rings is 1. The number of hydrogen-bond donors (Lipinski definition) is 2. The summed E-state index contributed by atoms with van der Waals surface area (Å²) in [5.41, 5.74) is 12.5. The van der Waals surface area contributed by atoms with E-state index < -0.39 is 9.84 Å². The van der Waals surface area contributed by atoms with Gasteiger partial charge in [0, 0.05) is 64.8 Å². The second-order valence-electron chi connectivity index (χ2n) is 34.8. The van der Waals surface area contributed by atoms with Crippen LogP contribution in [0.5, 0.6) is 0 Å². The van der Waals surface area contributed by atoms with Gasteiger partial charge in [0.1, 0.15) is 11.6 Å². The second-order valence-corrected chi connectivity index (χ2v) is 37.3. The second kappa shape index (κ2) is 34.3. The predicted molar refractivity (Wildman–Crippen MR) is 390 cm³/mol. The highest BCUT2D eigenvalue weighted by Gasteiger charge is 2.56. The van der Waals surface area contributed by atoms with E-state index in [-0.39, 0.29) is 87.9 Å². The van der Waals surface area contributed by atoms with E-state index in [1.54, 1.807) is 0 Å². The van der Waals surface area contributed by atoms with Crippen LogP contribution in [0.1, 0.15) is 316 Å². The third-order valence-electron chi connectivity index (χ3n) is 29.2. The molecule has 0 radical (unpaired) electrons. The highest BCUT2D eigenvalue weighted by Crippen LogP contribution is 2.57. The molecule has 17 unspecified atom stereocenters. The first-order valence-electron chi connectivity index (χ1n) is 42.2. The Bertz CT molecular complexity index is 3220. The number of carbonyl (C=O) groups is 6. The summed E-state index contributed by atoms with van der Waals surface area (Å²) in [4.78, 5) is 79.1. The fourth-order valence-electron chi connectivity index (χ4n) is 23.8. The summed E-state index contributed by atoms with van der Waals surface area (Å²) >= 11 is 0. The quantitative estimate of drug-likeness (QED) is 0.0345. The van der Waals surface area contributed by atoms with Crippen LogP contribution in [0.2, 0.25) is 0 Å². The number of carbonyl (C=O) groups excluding carboxylic acids is 6. The van der Waals surface area contributed by atoms with Gasteiger partial charge < -0.3 is 29.8 Å². The topological polar surface area (TPSA) is 222 Å². The standard InChI is InChI=1S/C84H124N4O12S/c89-79-69-27-15-11-23-63(69)75-51-55(31-43-71(75)79)83(93)99-47-19-7-3-1-5-17-45-97-81(91)53-29-41-67-73(49-53)61-21-9-13-25-65(61)77(67)87-85-57-33-37-59(38-34-57)101(95,96)60-39-35-58(36-40-60)86-88-78-66-26-14-10-22-62(66)74-50-54(30-42-68(74)78)82(92)98-46-18-6-2-4-8-20-48-100-84(94)56-32-44-72-76(52-56)64-24-12-16-28-70(64)80(72)90/h29,41,49,54-66,68-72,74-76,85-86H,1-28,30-40,42-48,50-52H2/b87-77+,88-78+. The van der Waals surface area contributed by atoms with E-state index in [0.29, 0.717) is 128 Å². The molecule has 17 atom stereocenters. The van der Waals surface area contributed by atoms with Gasteiger partial charge in [0.25, 0.3) is 0 Å². The molecule has 13 aliphatic carbocycles. The molecule has 14 rings (SSSR count). The Kier molecular flexibility index (Phi) is 24.9. The monoisotopic (exact) mass is 1410 g/mol. The Morgan fingerprint density at radius 3 is 1.23 bits per heavy atom. The molecule has 12 fully saturated rings. The Balaban J connectivity index is 0.454. The summed E-state index contributed by atoms with van der Waals surface area (Å²) in [5.74, 6) is 5.69. The summed E-state index contributed by atoms with van der Waals surface area (Å²) in [6, 6.07) is 6.33. The van der Waals surface area contributed by atoms with Gasteiger partial charge in [-0.1, -0.05) is 109 Å². The molecule has 1 aromatic carbocycles. The number of esters is 4. The Hall–Kier alpha value is -4.67. The van der Waals surface area contributed by atoms with Crippen LogP contribution in [-0.4, -0.2) is 104 Å². The average Bonchev–Trinajstić information content (AvgIpc) is 1.65. The first kappa shape index (κ1) is 73.2. The van der Waals surface area contributed by atoms with Crippen LogP contribution >= 0.6 is 0 Å². The van der Waals surface area contributed by atoms with Crippen molar-refractivity contribution in [2.24, 2.45) is 105 Å². The molecule has 0 saturated heterocycles. The van der Waals surface area contributed by atoms with Crippen molar-refractivity contribution in [1.29, 1.82) is 0 Å². The lowest BCUT2D eigenvalue weighted by Crippen LogP contribution is -2.42. The molecule has 0 bridgehead atoms. The number of Topliss-reactive ketones (excluding diaryl/α,β-unsaturated/α-hetero) is 2. The van der Waals surface area contributed by atoms with Crippen molar-refractivity contribution in [1.82, 2.24) is 10.9 Å². The molecular weight excluding hydrogens is 1290 g/mol. The summed E-state index contributed by atoms with van der Waals surface area (Å²) < 4.78 is 52.0. The van der Waals surface area contributed by atoms with Crippen LogP contribution in [0, 0.1) is 94.7 Å². The van der Waals surface area contributed by atoms with Gasteiger partial charge in [-0.2, -0.15) is 10.2 Å². The minimum absolute atomic E-state index is 0.0182. The number of hydrazone groups is 2. The molecule has 0 heterocycles. The van der Waals surface area contributed by atoms with Crippen molar-refractivity contribution in [2.75, 3.05) is 26.4 Å². The largest absolute Gasteiger partial charge is 0.465 e. The van der Waals surface area contributed by atoms with Gasteiger partial charge in [0.2, 0.25) is 0 Å². The lowest BCUT2D eigenvalue weighted by Gasteiger charge is -2.34. The normalized spacial score (nSPS) is 37.2. The van der Waals surface area contributed by atoms with Gasteiger partial charge in [-0.3, -0.25) is 24.0 Å². The van der Waals surface area contributed by atoms with Gasteiger partial charge in [0.15, 0.2) is 9.84 Å². The van der Waals surface area contributed by atoms with Crippen molar-refractivity contribution in [2.45, 2.75) is 317 Å². The van der Waals surface area contributed by atoms with Crippen LogP contribution in [0.15, 0.2) is 28.4 Å². The van der Waals surface area contributed by atoms with E-state index in [9.17, 15) is 37.2 Å². The molecular formula is C84H124N4O12S. The van der Waals surface area contributed by atoms with Crippen LogP contribution in [0.25, 0.3) is 0 Å². The molecule has 0 spiro atoms. The molecule has 0 amide bonds. The Labute approximate surface area is 604 Å². The smallest absolute Gasteiger partial charge is 0.338 e. The highest BCUT2D eigenvalue weighted by atomic mass is 32.2. The van der Waals surface area contributed by atoms with Crippen LogP contribution in [0.4, 0.5) is 0 Å². The van der Waals surface area contributed by atoms with E-state index in [2.05, 4.69) is 23.0 Å². The van der Waals surface area contributed by atoms with Crippen molar-refractivity contribution in [3.05, 3.63) is 34.9 Å². The number of nitrogens with one attached hydrogen (secondary N) is 2. The van der Waals surface area contributed by atoms with Gasteiger partial charge in [0.05, 0.1) is 66.0 Å². The number of fused-ring (bicyclic) bond motifs is 12. The van der Waals surface area contributed by atoms with Gasteiger partial charge >= 0.3 is 23.9 Å². The number of unbranched alkanes of at least 4 members (excludes halogenated alkanes) is 10. The molecule has 12 saturated carbocycles. The van der Waals surface area contributed by atoms with E-state index in [1.165, 1.54) is 62.6 Å². The maximum Gasteiger partial charge on any atom is 0.338 e. The maximum atomic E-state index is 14.3. The van der Waals surface area contributed by atoms with Gasteiger partial charge in [-0.25, -0.2) is 13.2 Å². The van der Waals surface area contributed by atoms with Crippen LogP contribution < -0.4 is 10.9 Å². The third kappa shape index (κ3) is 16.6. The molecule has 101 heavy (non-hydrogen) atoms. The SMILES string of the molecule is O=C(OCCCCCCCCOC(=O)C1CCC2C(=O)C3CCCCC3C2C1)c1ccc2c(c1)C1CCCCC1/C2=N\NC1CCC(S(=O)(=O)C2CCC(N/N=C3\C4CCCCC4C4CC(C(=O)OCCCCCCCCOC(=O)C5CCC6C(=O)C7CCCCC7C6C5)CCC34)CC2)CC1. The summed E-state index contributed by atoms with van der Waals surface area (Å²) in [5, 5.41) is 9.81. The summed E-state index contributed by atoms with van der Waals surface area (Å²) in [6.07, 6.45) is 43.7. The lowest BCUT2D eigenvalue weighted by atomic mass is 9.70. The van der Waals surface area contributed by atoms with Gasteiger partial charge in [-0.15, -0.1) is 0 Å². The van der Waals surface area contributed by atoms with Gasteiger partial charge in [-0.05, 0) is 245 Å². The minimum atomic E-state index is -3.29. The van der Waals surface area contributed by atoms with E-state index in [4.69, 9.17) is 29.2 Å². The number of rotatable bonds is 28. The highest BCUT2D eigenvalue weighted by molar-refractivity contribution is 7.92. The predicted octanol–water partition coefficient (Wildman–Crippen LogP) is 16.4. The van der Waals surface area contributed by atoms with Crippen LogP contribution in [0.3, 0.4) is 0 Å². The summed E-state index contributed by atoms with van der Waals surface area (Å²) in [7, 11) is -3.29. The zero-order chi connectivity index (χ0) is 69.4. The minimum Gasteiger partial charge on any atom is -0.465 e. The van der Waals surface area contributed by atoms with Crippen molar-refractivity contribution in [3.63, 3.8) is 0 Å². The molecule has 558 valence electrons. The zero-order valence-electron chi connectivity index (χ0n) is 61.2. The van der Waals surface area contributed by atoms with Crippen molar-refractivity contribution < 1.29 is 56.1 Å². The zero-order valence-corrected chi connectivity index (χ0v) is 62.0. The number of ketones is 2. The fraction of sp³-hybridized carbons (Fsp3) is 0.833. The first-order chi connectivity index (χ1) is 49.4. The van der Waals surface area contributed by atoms with E-state index in [1.807, 2.05) is 6.07 Å². The molecule has 17 heteroatoms. The van der Waals surface area contributed by atoms with Crippen LogP contribution in [-0.2, 0) is 52.8 Å². The number of ether oxygens (including phenoxy) is 4. The van der Waals surface area contributed by atoms with E-state index in [0.717, 1.165) is 223 Å². The molecule has 16 nitrogen and oxygen atoms in total. The van der Waals surface area contributed by atoms with E-state index >= 15 is 0 Å². The third-order valence-corrected chi connectivity index (χ3v) is 32.0. The fourth-order valence-corrected chi connectivity index (χ4v) is 26.2. The lowest BCUT2D eigenvalue weighted by molar-refractivity contribution is -0.152. The summed E-state index contributed by atoms with van der Waals surface area (Å²) in [6.45, 7) is 1.82. The average molecular weight is 1410 g/mol. The van der Waals surface area contributed by atoms with Crippen molar-refractivity contribution >= 4 is 56.7 Å². The molecule has 1 aromatic rings.